The summed E-state index contributed by atoms with van der Waals surface area (Å²) in [4.78, 5) is 13.1. The minimum Gasteiger partial charge on any atom is -0.453 e. The Labute approximate surface area is 78.2 Å². The van der Waals surface area contributed by atoms with Crippen LogP contribution in [0.5, 0.6) is 0 Å². The summed E-state index contributed by atoms with van der Waals surface area (Å²) >= 11 is 0. The summed E-state index contributed by atoms with van der Waals surface area (Å²) in [7, 11) is 1.44. The first-order valence-corrected chi connectivity index (χ1v) is 4.88. The number of carbonyl (C=O) groups is 1. The van der Waals surface area contributed by atoms with E-state index in [1.54, 1.807) is 4.90 Å². The first-order valence-electron chi connectivity index (χ1n) is 4.88. The highest BCUT2D eigenvalue weighted by Crippen LogP contribution is 2.20. The molecule has 0 radical (unpaired) electrons. The summed E-state index contributed by atoms with van der Waals surface area (Å²) in [5.74, 6) is 0. The normalized spacial score (nSPS) is 32.8. The zero-order chi connectivity index (χ0) is 9.26. The van der Waals surface area contributed by atoms with Crippen molar-refractivity contribution in [2.24, 2.45) is 0 Å². The molecule has 13 heavy (non-hydrogen) atoms. The van der Waals surface area contributed by atoms with Crippen LogP contribution in [0, 0.1) is 0 Å². The van der Waals surface area contributed by atoms with Crippen molar-refractivity contribution >= 4 is 6.09 Å². The van der Waals surface area contributed by atoms with E-state index in [1.807, 2.05) is 0 Å². The molecule has 2 atom stereocenters. The summed E-state index contributed by atoms with van der Waals surface area (Å²) in [6.45, 7) is 1.64. The Balaban J connectivity index is 1.97. The van der Waals surface area contributed by atoms with Gasteiger partial charge in [0.1, 0.15) is 0 Å². The van der Waals surface area contributed by atoms with Crippen LogP contribution in [0.1, 0.15) is 19.3 Å². The fourth-order valence-corrected chi connectivity index (χ4v) is 2.24. The highest BCUT2D eigenvalue weighted by Gasteiger charge is 2.31. The van der Waals surface area contributed by atoms with Crippen molar-refractivity contribution in [3.8, 4) is 0 Å². The van der Waals surface area contributed by atoms with Gasteiger partial charge < -0.3 is 15.0 Å². The molecular formula is C9H16N2O2. The number of likely N-dealkylation sites (tertiary alicyclic amines) is 1. The summed E-state index contributed by atoms with van der Waals surface area (Å²) in [6, 6.07) is 1.12. The number of rotatable bonds is 0. The van der Waals surface area contributed by atoms with Crippen molar-refractivity contribution < 1.29 is 9.53 Å². The number of ether oxygens (including phenoxy) is 1. The monoisotopic (exact) mass is 184 g/mol. The van der Waals surface area contributed by atoms with E-state index in [1.165, 1.54) is 20.0 Å². The lowest BCUT2D eigenvalue weighted by molar-refractivity contribution is 0.121. The third-order valence-corrected chi connectivity index (χ3v) is 2.96. The van der Waals surface area contributed by atoms with Crippen LogP contribution >= 0.6 is 0 Å². The molecule has 0 spiro atoms. The summed E-state index contributed by atoms with van der Waals surface area (Å²) in [6.07, 6.45) is 3.33. The lowest BCUT2D eigenvalue weighted by Crippen LogP contribution is -2.38. The number of methoxy groups -OCH3 is 1. The Morgan fingerprint density at radius 3 is 2.92 bits per heavy atom. The van der Waals surface area contributed by atoms with Gasteiger partial charge in [-0.15, -0.1) is 0 Å². The molecule has 2 bridgehead atoms. The SMILES string of the molecule is COC(=O)N1CCC2CCC(C1)N2. The number of hydrogen-bond acceptors (Lipinski definition) is 3. The van der Waals surface area contributed by atoms with Gasteiger partial charge in [0.05, 0.1) is 7.11 Å². The Morgan fingerprint density at radius 1 is 1.38 bits per heavy atom. The standard InChI is InChI=1S/C9H16N2O2/c1-13-9(12)11-5-4-7-2-3-8(6-11)10-7/h7-8,10H,2-6H2,1H3. The molecule has 2 fully saturated rings. The van der Waals surface area contributed by atoms with Crippen LogP contribution < -0.4 is 5.32 Å². The quantitative estimate of drug-likeness (QED) is 0.598. The molecule has 0 aliphatic carbocycles. The minimum atomic E-state index is -0.186. The molecule has 2 saturated heterocycles. The molecule has 1 N–H and O–H groups in total. The zero-order valence-corrected chi connectivity index (χ0v) is 7.95. The van der Waals surface area contributed by atoms with Crippen molar-refractivity contribution in [1.29, 1.82) is 0 Å². The van der Waals surface area contributed by atoms with Crippen LogP contribution in [0.2, 0.25) is 0 Å². The van der Waals surface area contributed by atoms with Crippen LogP contribution in [0.3, 0.4) is 0 Å². The van der Waals surface area contributed by atoms with Gasteiger partial charge in [-0.05, 0) is 19.3 Å². The fourth-order valence-electron chi connectivity index (χ4n) is 2.24. The van der Waals surface area contributed by atoms with Crippen molar-refractivity contribution in [3.63, 3.8) is 0 Å². The van der Waals surface area contributed by atoms with Crippen LogP contribution in [-0.2, 0) is 4.74 Å². The molecule has 2 aliphatic heterocycles. The number of carbonyl (C=O) groups excluding carboxylic acids is 1. The van der Waals surface area contributed by atoms with Gasteiger partial charge in [0.25, 0.3) is 0 Å². The molecular weight excluding hydrogens is 168 g/mol. The van der Waals surface area contributed by atoms with Crippen molar-refractivity contribution in [3.05, 3.63) is 0 Å². The average Bonchev–Trinajstić information content (AvgIpc) is 2.45. The Kier molecular flexibility index (Phi) is 2.40. The van der Waals surface area contributed by atoms with E-state index in [0.29, 0.717) is 12.1 Å². The summed E-state index contributed by atoms with van der Waals surface area (Å²) in [5.41, 5.74) is 0. The maximum Gasteiger partial charge on any atom is 0.409 e. The zero-order valence-electron chi connectivity index (χ0n) is 7.95. The highest BCUT2D eigenvalue weighted by molar-refractivity contribution is 5.67. The van der Waals surface area contributed by atoms with Crippen LogP contribution in [-0.4, -0.2) is 43.3 Å². The number of hydrogen-bond donors (Lipinski definition) is 1. The van der Waals surface area contributed by atoms with Gasteiger partial charge in [-0.2, -0.15) is 0 Å². The van der Waals surface area contributed by atoms with Gasteiger partial charge in [0.2, 0.25) is 0 Å². The van der Waals surface area contributed by atoms with Crippen molar-refractivity contribution in [2.75, 3.05) is 20.2 Å². The molecule has 2 unspecified atom stereocenters. The second-order valence-electron chi connectivity index (χ2n) is 3.84. The largest absolute Gasteiger partial charge is 0.453 e. The van der Waals surface area contributed by atoms with E-state index in [4.69, 9.17) is 4.74 Å². The van der Waals surface area contributed by atoms with Gasteiger partial charge in [-0.3, -0.25) is 0 Å². The van der Waals surface area contributed by atoms with E-state index in [-0.39, 0.29) is 6.09 Å². The maximum atomic E-state index is 11.3. The van der Waals surface area contributed by atoms with Gasteiger partial charge in [-0.25, -0.2) is 4.79 Å². The molecule has 74 valence electrons. The second kappa shape index (κ2) is 3.54. The molecule has 4 nitrogen and oxygen atoms in total. The van der Waals surface area contributed by atoms with E-state index in [9.17, 15) is 4.79 Å². The van der Waals surface area contributed by atoms with E-state index < -0.39 is 0 Å². The topological polar surface area (TPSA) is 41.6 Å². The molecule has 2 heterocycles. The number of amides is 1. The molecule has 0 aromatic heterocycles. The highest BCUT2D eigenvalue weighted by atomic mass is 16.5. The molecule has 4 heteroatoms. The first-order chi connectivity index (χ1) is 6.29. The average molecular weight is 184 g/mol. The van der Waals surface area contributed by atoms with Crippen molar-refractivity contribution in [2.45, 2.75) is 31.3 Å². The van der Waals surface area contributed by atoms with E-state index in [0.717, 1.165) is 19.5 Å². The Bertz CT molecular complexity index is 208. The molecule has 0 aromatic rings. The second-order valence-corrected chi connectivity index (χ2v) is 3.84. The van der Waals surface area contributed by atoms with E-state index in [2.05, 4.69) is 5.32 Å². The third-order valence-electron chi connectivity index (χ3n) is 2.96. The molecule has 2 rings (SSSR count). The van der Waals surface area contributed by atoms with Gasteiger partial charge in [0.15, 0.2) is 0 Å². The van der Waals surface area contributed by atoms with Crippen molar-refractivity contribution in [1.82, 2.24) is 10.2 Å². The van der Waals surface area contributed by atoms with Gasteiger partial charge in [-0.1, -0.05) is 0 Å². The van der Waals surface area contributed by atoms with E-state index >= 15 is 0 Å². The van der Waals surface area contributed by atoms with Gasteiger partial charge >= 0.3 is 6.09 Å². The lowest BCUT2D eigenvalue weighted by Gasteiger charge is -2.22. The summed E-state index contributed by atoms with van der Waals surface area (Å²) < 4.78 is 4.71. The molecule has 1 amide bonds. The Hall–Kier alpha value is -0.770. The number of nitrogens with one attached hydrogen (secondary N) is 1. The van der Waals surface area contributed by atoms with Gasteiger partial charge in [0, 0.05) is 25.2 Å². The Morgan fingerprint density at radius 2 is 2.15 bits per heavy atom. The van der Waals surface area contributed by atoms with Crippen LogP contribution in [0.25, 0.3) is 0 Å². The first kappa shape index (κ1) is 8.81. The lowest BCUT2D eigenvalue weighted by atomic mass is 10.1. The van der Waals surface area contributed by atoms with Crippen LogP contribution in [0.15, 0.2) is 0 Å². The molecule has 0 aromatic carbocycles. The minimum absolute atomic E-state index is 0.186. The smallest absolute Gasteiger partial charge is 0.409 e. The fraction of sp³-hybridized carbons (Fsp3) is 0.889. The number of fused-ring (bicyclic) bond motifs is 2. The summed E-state index contributed by atoms with van der Waals surface area (Å²) in [5, 5.41) is 3.51. The molecule has 2 aliphatic rings. The maximum absolute atomic E-state index is 11.3. The predicted molar refractivity (Wildman–Crippen MR) is 48.5 cm³/mol. The molecule has 0 saturated carbocycles. The third kappa shape index (κ3) is 1.77. The van der Waals surface area contributed by atoms with Crippen LogP contribution in [0.4, 0.5) is 4.79 Å². The number of nitrogens with zero attached hydrogens (tertiary/aromatic N) is 1. The predicted octanol–water partition coefficient (Wildman–Crippen LogP) is 0.579.